The van der Waals surface area contributed by atoms with Crippen LogP contribution in [-0.4, -0.2) is 43.8 Å². The first kappa shape index (κ1) is 13.5. The number of likely N-dealkylation sites (N-methyl/N-ethyl adjacent to an activating group) is 1. The van der Waals surface area contributed by atoms with Crippen molar-refractivity contribution in [3.8, 4) is 0 Å². The molecule has 1 aromatic heterocycles. The number of aromatic nitrogens is 2. The average molecular weight is 260 g/mol. The molecule has 1 aromatic carbocycles. The Morgan fingerprint density at radius 3 is 2.74 bits per heavy atom. The Morgan fingerprint density at radius 1 is 1.26 bits per heavy atom. The van der Waals surface area contributed by atoms with Crippen molar-refractivity contribution in [1.29, 1.82) is 0 Å². The van der Waals surface area contributed by atoms with Gasteiger partial charge in [-0.1, -0.05) is 12.1 Å². The van der Waals surface area contributed by atoms with Gasteiger partial charge in [0.25, 0.3) is 0 Å². The zero-order valence-electron chi connectivity index (χ0n) is 11.7. The van der Waals surface area contributed by atoms with E-state index in [2.05, 4.69) is 33.2 Å². The van der Waals surface area contributed by atoms with Crippen molar-refractivity contribution in [2.45, 2.75) is 6.92 Å². The highest BCUT2D eigenvalue weighted by Gasteiger charge is 2.12. The van der Waals surface area contributed by atoms with Crippen LogP contribution in [0.3, 0.4) is 0 Å². The lowest BCUT2D eigenvalue weighted by molar-refractivity contribution is 0.205. The Labute approximate surface area is 113 Å². The van der Waals surface area contributed by atoms with Crippen molar-refractivity contribution >= 4 is 22.7 Å². The number of nitrogens with one attached hydrogen (secondary N) is 1. The van der Waals surface area contributed by atoms with Crippen LogP contribution < -0.4 is 10.2 Å². The molecule has 5 heteroatoms. The molecule has 102 valence electrons. The Kier molecular flexibility index (Phi) is 4.52. The standard InChI is InChI=1S/C14H20N4O/c1-4-18(9-10-19-3)13-11-7-5-6-8-12(11)16-14(15-2)17-13/h5-8H,4,9-10H2,1-3H3,(H,15,16,17). The molecule has 2 aromatic rings. The topological polar surface area (TPSA) is 50.3 Å². The summed E-state index contributed by atoms with van der Waals surface area (Å²) in [6, 6.07) is 8.06. The van der Waals surface area contributed by atoms with Crippen LogP contribution in [0.4, 0.5) is 11.8 Å². The molecule has 0 spiro atoms. The Bertz CT molecular complexity index is 544. The summed E-state index contributed by atoms with van der Waals surface area (Å²) in [5.74, 6) is 1.60. The first-order valence-electron chi connectivity index (χ1n) is 6.48. The Hall–Kier alpha value is -1.88. The molecule has 19 heavy (non-hydrogen) atoms. The van der Waals surface area contributed by atoms with Crippen molar-refractivity contribution < 1.29 is 4.74 Å². The summed E-state index contributed by atoms with van der Waals surface area (Å²) in [6.07, 6.45) is 0. The summed E-state index contributed by atoms with van der Waals surface area (Å²) >= 11 is 0. The minimum atomic E-state index is 0.643. The minimum Gasteiger partial charge on any atom is -0.383 e. The number of fused-ring (bicyclic) bond motifs is 1. The monoisotopic (exact) mass is 260 g/mol. The zero-order chi connectivity index (χ0) is 13.7. The predicted molar refractivity (Wildman–Crippen MR) is 78.8 cm³/mol. The smallest absolute Gasteiger partial charge is 0.224 e. The van der Waals surface area contributed by atoms with Crippen LogP contribution in [0.5, 0.6) is 0 Å². The van der Waals surface area contributed by atoms with Crippen LogP contribution >= 0.6 is 0 Å². The summed E-state index contributed by atoms with van der Waals surface area (Å²) in [7, 11) is 3.55. The SMILES string of the molecule is CCN(CCOC)c1nc(NC)nc2ccccc12. The highest BCUT2D eigenvalue weighted by molar-refractivity contribution is 5.90. The highest BCUT2D eigenvalue weighted by Crippen LogP contribution is 2.24. The van der Waals surface area contributed by atoms with E-state index in [9.17, 15) is 0 Å². The van der Waals surface area contributed by atoms with Gasteiger partial charge in [0.05, 0.1) is 12.1 Å². The van der Waals surface area contributed by atoms with Crippen LogP contribution in [-0.2, 0) is 4.74 Å². The first-order valence-corrected chi connectivity index (χ1v) is 6.48. The van der Waals surface area contributed by atoms with Gasteiger partial charge in [0.2, 0.25) is 5.95 Å². The van der Waals surface area contributed by atoms with Gasteiger partial charge in [-0.3, -0.25) is 0 Å². The molecule has 5 nitrogen and oxygen atoms in total. The van der Waals surface area contributed by atoms with E-state index in [1.807, 2.05) is 25.2 Å². The van der Waals surface area contributed by atoms with E-state index in [0.717, 1.165) is 29.8 Å². The number of para-hydroxylation sites is 1. The number of anilines is 2. The van der Waals surface area contributed by atoms with E-state index in [1.165, 1.54) is 0 Å². The molecule has 0 aliphatic carbocycles. The molecule has 0 fully saturated rings. The number of nitrogens with zero attached hydrogens (tertiary/aromatic N) is 3. The number of ether oxygens (including phenoxy) is 1. The van der Waals surface area contributed by atoms with Gasteiger partial charge >= 0.3 is 0 Å². The molecule has 0 radical (unpaired) electrons. The zero-order valence-corrected chi connectivity index (χ0v) is 11.7. The maximum atomic E-state index is 5.16. The van der Waals surface area contributed by atoms with Gasteiger partial charge in [0.1, 0.15) is 5.82 Å². The summed E-state index contributed by atoms with van der Waals surface area (Å²) < 4.78 is 5.16. The van der Waals surface area contributed by atoms with Gasteiger partial charge in [0.15, 0.2) is 0 Å². The molecule has 0 saturated heterocycles. The van der Waals surface area contributed by atoms with Gasteiger partial charge in [-0.05, 0) is 19.1 Å². The van der Waals surface area contributed by atoms with Crippen LogP contribution in [0, 0.1) is 0 Å². The molecule has 0 aliphatic rings. The maximum Gasteiger partial charge on any atom is 0.224 e. The van der Waals surface area contributed by atoms with Crippen LogP contribution in [0.1, 0.15) is 6.92 Å². The minimum absolute atomic E-state index is 0.643. The molecule has 0 unspecified atom stereocenters. The van der Waals surface area contributed by atoms with Crippen LogP contribution in [0.15, 0.2) is 24.3 Å². The summed E-state index contributed by atoms with van der Waals surface area (Å²) in [5.41, 5.74) is 0.952. The third-order valence-corrected chi connectivity index (χ3v) is 3.05. The van der Waals surface area contributed by atoms with Crippen molar-refractivity contribution in [1.82, 2.24) is 9.97 Å². The molecule has 0 amide bonds. The summed E-state index contributed by atoms with van der Waals surface area (Å²) in [6.45, 7) is 4.50. The lowest BCUT2D eigenvalue weighted by Gasteiger charge is -2.23. The van der Waals surface area contributed by atoms with Crippen molar-refractivity contribution in [3.05, 3.63) is 24.3 Å². The maximum absolute atomic E-state index is 5.16. The van der Waals surface area contributed by atoms with E-state index in [4.69, 9.17) is 4.74 Å². The van der Waals surface area contributed by atoms with Gasteiger partial charge in [0, 0.05) is 32.6 Å². The van der Waals surface area contributed by atoms with Crippen molar-refractivity contribution in [2.24, 2.45) is 0 Å². The second-order valence-electron chi connectivity index (χ2n) is 4.21. The third kappa shape index (κ3) is 2.93. The van der Waals surface area contributed by atoms with Crippen molar-refractivity contribution in [3.63, 3.8) is 0 Å². The molecule has 0 aliphatic heterocycles. The van der Waals surface area contributed by atoms with Gasteiger partial charge < -0.3 is 15.0 Å². The molecule has 0 atom stereocenters. The predicted octanol–water partition coefficient (Wildman–Crippen LogP) is 2.14. The van der Waals surface area contributed by atoms with Gasteiger partial charge in [-0.15, -0.1) is 0 Å². The van der Waals surface area contributed by atoms with E-state index in [-0.39, 0.29) is 0 Å². The molecule has 0 bridgehead atoms. The molecule has 1 heterocycles. The van der Waals surface area contributed by atoms with Crippen molar-refractivity contribution in [2.75, 3.05) is 44.1 Å². The molecular formula is C14H20N4O. The van der Waals surface area contributed by atoms with Crippen LogP contribution in [0.2, 0.25) is 0 Å². The van der Waals surface area contributed by atoms with Crippen LogP contribution in [0.25, 0.3) is 10.9 Å². The fourth-order valence-electron chi connectivity index (χ4n) is 2.03. The van der Waals surface area contributed by atoms with Gasteiger partial charge in [-0.25, -0.2) is 4.98 Å². The fraction of sp³-hybridized carbons (Fsp3) is 0.429. The van der Waals surface area contributed by atoms with E-state index < -0.39 is 0 Å². The second-order valence-corrected chi connectivity index (χ2v) is 4.21. The fourth-order valence-corrected chi connectivity index (χ4v) is 2.03. The number of rotatable bonds is 6. The molecule has 2 rings (SSSR count). The molecule has 0 saturated carbocycles. The number of benzene rings is 1. The summed E-state index contributed by atoms with van der Waals surface area (Å²) in [5, 5.41) is 4.08. The lowest BCUT2D eigenvalue weighted by Crippen LogP contribution is -2.28. The molecular weight excluding hydrogens is 240 g/mol. The third-order valence-electron chi connectivity index (χ3n) is 3.05. The normalized spacial score (nSPS) is 10.7. The quantitative estimate of drug-likeness (QED) is 0.862. The highest BCUT2D eigenvalue weighted by atomic mass is 16.5. The Balaban J connectivity index is 2.49. The summed E-state index contributed by atoms with van der Waals surface area (Å²) in [4.78, 5) is 11.3. The second kappa shape index (κ2) is 6.33. The van der Waals surface area contributed by atoms with E-state index in [0.29, 0.717) is 12.6 Å². The average Bonchev–Trinajstić information content (AvgIpc) is 2.47. The van der Waals surface area contributed by atoms with E-state index in [1.54, 1.807) is 7.11 Å². The van der Waals surface area contributed by atoms with E-state index >= 15 is 0 Å². The lowest BCUT2D eigenvalue weighted by atomic mass is 10.2. The van der Waals surface area contributed by atoms with Gasteiger partial charge in [-0.2, -0.15) is 4.98 Å². The number of methoxy groups -OCH3 is 1. The number of hydrogen-bond acceptors (Lipinski definition) is 5. The Morgan fingerprint density at radius 2 is 2.05 bits per heavy atom. The first-order chi connectivity index (χ1) is 9.30. The largest absolute Gasteiger partial charge is 0.383 e. The number of hydrogen-bond donors (Lipinski definition) is 1. The molecule has 1 N–H and O–H groups in total.